The molecule has 98 valence electrons. The number of halogens is 1. The first-order chi connectivity index (χ1) is 9.06. The van der Waals surface area contributed by atoms with Gasteiger partial charge in [-0.25, -0.2) is 0 Å². The van der Waals surface area contributed by atoms with Gasteiger partial charge in [-0.1, -0.05) is 0 Å². The van der Waals surface area contributed by atoms with Crippen molar-refractivity contribution in [2.24, 2.45) is 0 Å². The molecule has 0 bridgehead atoms. The number of amides is 1. The third-order valence-corrected chi connectivity index (χ3v) is 3.93. The number of nitrogens with one attached hydrogen (secondary N) is 1. The first kappa shape index (κ1) is 14.5. The molecule has 0 saturated heterocycles. The minimum absolute atomic E-state index is 0.116. The molecule has 1 unspecified atom stereocenters. The van der Waals surface area contributed by atoms with Crippen molar-refractivity contribution in [1.29, 1.82) is 0 Å². The van der Waals surface area contributed by atoms with Crippen molar-refractivity contribution in [1.82, 2.24) is 5.32 Å². The van der Waals surface area contributed by atoms with Gasteiger partial charge in [-0.3, -0.25) is 0 Å². The van der Waals surface area contributed by atoms with Crippen molar-refractivity contribution in [3.05, 3.63) is 58.6 Å². The quantitative estimate of drug-likeness (QED) is 0.640. The maximum absolute atomic E-state index is 12.1. The van der Waals surface area contributed by atoms with Gasteiger partial charge < -0.3 is 0 Å². The SMILES string of the molecule is O=C(NCc1ccccc1Cl)c1cc(S)cc([AsH2])c1. The van der Waals surface area contributed by atoms with Crippen LogP contribution >= 0.6 is 24.2 Å². The van der Waals surface area contributed by atoms with Gasteiger partial charge in [-0.2, -0.15) is 0 Å². The summed E-state index contributed by atoms with van der Waals surface area (Å²) in [6, 6.07) is 13.0. The zero-order valence-electron chi connectivity index (χ0n) is 10.1. The Balaban J connectivity index is 2.08. The van der Waals surface area contributed by atoms with Gasteiger partial charge in [0.05, 0.1) is 0 Å². The monoisotopic (exact) mass is 353 g/mol. The second kappa shape index (κ2) is 6.51. The number of carbonyl (C=O) groups excluding carboxylic acids is 1. The van der Waals surface area contributed by atoms with Crippen LogP contribution in [0.25, 0.3) is 0 Å². The van der Waals surface area contributed by atoms with Crippen molar-refractivity contribution >= 4 is 51.3 Å². The van der Waals surface area contributed by atoms with Crippen LogP contribution in [-0.2, 0) is 6.54 Å². The van der Waals surface area contributed by atoms with Gasteiger partial charge in [-0.05, 0) is 0 Å². The van der Waals surface area contributed by atoms with E-state index in [-0.39, 0.29) is 5.91 Å². The molecule has 19 heavy (non-hydrogen) atoms. The molecule has 0 spiro atoms. The molecule has 2 aromatic rings. The molecule has 0 aliphatic rings. The first-order valence-electron chi connectivity index (χ1n) is 5.67. The molecule has 5 heteroatoms. The maximum atomic E-state index is 12.1. The molecule has 1 amide bonds. The second-order valence-corrected chi connectivity index (χ2v) is 6.41. The van der Waals surface area contributed by atoms with Crippen LogP contribution in [0.2, 0.25) is 5.02 Å². The molecule has 1 atom stereocenters. The van der Waals surface area contributed by atoms with E-state index in [9.17, 15) is 4.79 Å². The van der Waals surface area contributed by atoms with Gasteiger partial charge in [0.2, 0.25) is 0 Å². The van der Waals surface area contributed by atoms with Crippen LogP contribution in [0, 0.1) is 0 Å². The zero-order chi connectivity index (χ0) is 13.8. The van der Waals surface area contributed by atoms with E-state index in [1.54, 1.807) is 6.07 Å². The van der Waals surface area contributed by atoms with Gasteiger partial charge in [0.1, 0.15) is 0 Å². The molecular formula is C14H13AsClNOS. The summed E-state index contributed by atoms with van der Waals surface area (Å²) in [5, 5.41) is 3.52. The summed E-state index contributed by atoms with van der Waals surface area (Å²) < 4.78 is 1.07. The molecule has 0 radical (unpaired) electrons. The number of hydrogen-bond donors (Lipinski definition) is 2. The van der Waals surface area contributed by atoms with Crippen LogP contribution in [0.5, 0.6) is 0 Å². The fourth-order valence-corrected chi connectivity index (χ4v) is 3.22. The van der Waals surface area contributed by atoms with E-state index < -0.39 is 0 Å². The summed E-state index contributed by atoms with van der Waals surface area (Å²) in [5.74, 6) is -0.116. The predicted molar refractivity (Wildman–Crippen MR) is 84.5 cm³/mol. The molecule has 0 fully saturated rings. The van der Waals surface area contributed by atoms with E-state index >= 15 is 0 Å². The Morgan fingerprint density at radius 3 is 2.68 bits per heavy atom. The summed E-state index contributed by atoms with van der Waals surface area (Å²) in [5.41, 5.74) is 1.53. The summed E-state index contributed by atoms with van der Waals surface area (Å²) >= 11 is 11.8. The Bertz CT molecular complexity index is 598. The zero-order valence-corrected chi connectivity index (χ0v) is 14.1. The number of benzene rings is 2. The fourth-order valence-electron chi connectivity index (χ4n) is 1.69. The Morgan fingerprint density at radius 2 is 2.00 bits per heavy atom. The molecule has 1 N–H and O–H groups in total. The molecule has 0 saturated carbocycles. The number of thiol groups is 1. The van der Waals surface area contributed by atoms with E-state index in [0.717, 1.165) is 14.8 Å². The van der Waals surface area contributed by atoms with Crippen molar-refractivity contribution in [3.63, 3.8) is 0 Å². The van der Waals surface area contributed by atoms with Crippen LogP contribution in [0.15, 0.2) is 47.4 Å². The van der Waals surface area contributed by atoms with Crippen LogP contribution in [0.4, 0.5) is 0 Å². The topological polar surface area (TPSA) is 29.1 Å². The number of carbonyl (C=O) groups is 1. The number of hydrogen-bond acceptors (Lipinski definition) is 2. The number of rotatable bonds is 3. The minimum atomic E-state index is -0.116. The second-order valence-electron chi connectivity index (χ2n) is 4.09. The van der Waals surface area contributed by atoms with Crippen LogP contribution in [-0.4, -0.2) is 22.8 Å². The van der Waals surface area contributed by atoms with Crippen molar-refractivity contribution in [2.75, 3.05) is 0 Å². The molecule has 0 aliphatic carbocycles. The molecule has 0 aromatic heterocycles. The molecule has 0 aliphatic heterocycles. The molecule has 0 heterocycles. The molecule has 2 nitrogen and oxygen atoms in total. The average Bonchev–Trinajstić information content (AvgIpc) is 2.36. The Morgan fingerprint density at radius 1 is 1.26 bits per heavy atom. The third-order valence-electron chi connectivity index (χ3n) is 2.60. The van der Waals surface area contributed by atoms with Gasteiger partial charge >= 0.3 is 132 Å². The summed E-state index contributed by atoms with van der Waals surface area (Å²) in [6.07, 6.45) is 0. The van der Waals surface area contributed by atoms with E-state index in [4.69, 9.17) is 11.6 Å². The summed E-state index contributed by atoms with van der Waals surface area (Å²) in [7, 11) is 0. The van der Waals surface area contributed by atoms with Crippen LogP contribution in [0.1, 0.15) is 15.9 Å². The average molecular weight is 354 g/mol. The third kappa shape index (κ3) is 4.04. The standard InChI is InChI=1S/C14H13AsClNOS/c15-11-5-10(6-12(19)7-11)14(18)17-8-9-3-1-2-4-13(9)16/h1-7,19H,8,15H2,(H,17,18). The van der Waals surface area contributed by atoms with Gasteiger partial charge in [0.15, 0.2) is 0 Å². The van der Waals surface area contributed by atoms with Gasteiger partial charge in [0.25, 0.3) is 0 Å². The van der Waals surface area contributed by atoms with Crippen molar-refractivity contribution in [2.45, 2.75) is 11.4 Å². The Kier molecular flexibility index (Phi) is 4.98. The van der Waals surface area contributed by atoms with E-state index in [2.05, 4.69) is 17.9 Å². The van der Waals surface area contributed by atoms with E-state index in [0.29, 0.717) is 17.1 Å². The Hall–Kier alpha value is -0.892. The fraction of sp³-hybridized carbons (Fsp3) is 0.0714. The summed E-state index contributed by atoms with van der Waals surface area (Å²) in [4.78, 5) is 12.8. The molecule has 2 rings (SSSR count). The van der Waals surface area contributed by atoms with Gasteiger partial charge in [-0.15, -0.1) is 0 Å². The predicted octanol–water partition coefficient (Wildman–Crippen LogP) is 1.82. The van der Waals surface area contributed by atoms with Crippen LogP contribution < -0.4 is 9.67 Å². The van der Waals surface area contributed by atoms with Crippen molar-refractivity contribution < 1.29 is 4.79 Å². The Labute approximate surface area is 131 Å². The van der Waals surface area contributed by atoms with Gasteiger partial charge in [0, 0.05) is 0 Å². The van der Waals surface area contributed by atoms with Crippen molar-refractivity contribution in [3.8, 4) is 0 Å². The van der Waals surface area contributed by atoms with E-state index in [1.807, 2.05) is 36.4 Å². The molecule has 2 aromatic carbocycles. The molecular weight excluding hydrogens is 341 g/mol. The first-order valence-corrected chi connectivity index (χ1v) is 7.71. The van der Waals surface area contributed by atoms with E-state index in [1.165, 1.54) is 16.9 Å². The van der Waals surface area contributed by atoms with Crippen LogP contribution in [0.3, 0.4) is 0 Å². The normalized spacial score (nSPS) is 10.3. The summed E-state index contributed by atoms with van der Waals surface area (Å²) in [6.45, 7) is 0.416.